The summed E-state index contributed by atoms with van der Waals surface area (Å²) in [7, 11) is 0. The number of aromatic nitrogens is 3. The summed E-state index contributed by atoms with van der Waals surface area (Å²) in [6.07, 6.45) is 3.57. The monoisotopic (exact) mass is 315 g/mol. The van der Waals surface area contributed by atoms with Gasteiger partial charge in [0.25, 0.3) is 0 Å². The van der Waals surface area contributed by atoms with Crippen molar-refractivity contribution in [3.63, 3.8) is 0 Å². The van der Waals surface area contributed by atoms with E-state index in [0.29, 0.717) is 31.0 Å². The van der Waals surface area contributed by atoms with Crippen molar-refractivity contribution < 1.29 is 9.90 Å². The van der Waals surface area contributed by atoms with Crippen LogP contribution >= 0.6 is 0 Å². The van der Waals surface area contributed by atoms with Gasteiger partial charge in [-0.05, 0) is 31.4 Å². The van der Waals surface area contributed by atoms with Crippen molar-refractivity contribution in [1.82, 2.24) is 15.0 Å². The lowest BCUT2D eigenvalue weighted by Gasteiger charge is -2.10. The highest BCUT2D eigenvalue weighted by molar-refractivity contribution is 5.72. The van der Waals surface area contributed by atoms with Gasteiger partial charge >= 0.3 is 5.97 Å². The Balaban J connectivity index is 2.03. The standard InChI is InChI=1S/C16H21N5O2/c1-2-11-10-14(19-9-5-6-12(17)16(22)23)21-15(20-11)13-7-3-4-8-18-13/h3-4,7-8,10,12H,2,5-6,9,17H2,1H3,(H,22,23)(H,19,20,21)/t12-/m0/s1. The molecule has 0 fully saturated rings. The number of nitrogens with two attached hydrogens (primary N) is 1. The molecule has 7 heteroatoms. The molecule has 0 bridgehead atoms. The quantitative estimate of drug-likeness (QED) is 0.635. The molecular formula is C16H21N5O2. The fraction of sp³-hybridized carbons (Fsp3) is 0.375. The average Bonchev–Trinajstić information content (AvgIpc) is 2.58. The van der Waals surface area contributed by atoms with Gasteiger partial charge in [-0.2, -0.15) is 0 Å². The number of nitrogens with one attached hydrogen (secondary N) is 1. The Kier molecular flexibility index (Phi) is 5.99. The third-order valence-electron chi connectivity index (χ3n) is 3.35. The Hall–Kier alpha value is -2.54. The first-order chi connectivity index (χ1) is 11.1. The largest absolute Gasteiger partial charge is 0.480 e. The molecule has 2 rings (SSSR count). The van der Waals surface area contributed by atoms with Crippen molar-refractivity contribution >= 4 is 11.8 Å². The molecule has 0 aliphatic carbocycles. The molecule has 0 aliphatic rings. The second kappa shape index (κ2) is 8.19. The predicted molar refractivity (Wildman–Crippen MR) is 88.0 cm³/mol. The van der Waals surface area contributed by atoms with E-state index in [2.05, 4.69) is 20.3 Å². The number of carbonyl (C=O) groups is 1. The second-order valence-corrected chi connectivity index (χ2v) is 5.15. The van der Waals surface area contributed by atoms with Gasteiger partial charge in [-0.15, -0.1) is 0 Å². The van der Waals surface area contributed by atoms with Crippen molar-refractivity contribution in [3.8, 4) is 11.5 Å². The van der Waals surface area contributed by atoms with Crippen LogP contribution in [0.3, 0.4) is 0 Å². The predicted octanol–water partition coefficient (Wildman–Crippen LogP) is 1.71. The van der Waals surface area contributed by atoms with Gasteiger partial charge in [-0.3, -0.25) is 9.78 Å². The lowest BCUT2D eigenvalue weighted by Crippen LogP contribution is -2.30. The third kappa shape index (κ3) is 5.00. The molecule has 1 atom stereocenters. The molecular weight excluding hydrogens is 294 g/mol. The molecule has 7 nitrogen and oxygen atoms in total. The second-order valence-electron chi connectivity index (χ2n) is 5.15. The van der Waals surface area contributed by atoms with Crippen LogP contribution in [0.5, 0.6) is 0 Å². The van der Waals surface area contributed by atoms with E-state index in [1.54, 1.807) is 6.20 Å². The van der Waals surface area contributed by atoms with Crippen LogP contribution in [-0.4, -0.2) is 38.6 Å². The summed E-state index contributed by atoms with van der Waals surface area (Å²) < 4.78 is 0. The Morgan fingerprint density at radius 1 is 1.39 bits per heavy atom. The normalized spacial score (nSPS) is 11.9. The van der Waals surface area contributed by atoms with Gasteiger partial charge in [0, 0.05) is 24.5 Å². The van der Waals surface area contributed by atoms with Crippen molar-refractivity contribution in [2.45, 2.75) is 32.2 Å². The van der Waals surface area contributed by atoms with E-state index < -0.39 is 12.0 Å². The minimum absolute atomic E-state index is 0.418. The molecule has 0 amide bonds. The topological polar surface area (TPSA) is 114 Å². The number of carboxylic acid groups (broad SMARTS) is 1. The summed E-state index contributed by atoms with van der Waals surface area (Å²) in [5.41, 5.74) is 7.12. The first-order valence-corrected chi connectivity index (χ1v) is 7.61. The van der Waals surface area contributed by atoms with Crippen LogP contribution in [0.1, 0.15) is 25.5 Å². The summed E-state index contributed by atoms with van der Waals surface area (Å²) in [6.45, 7) is 2.63. The van der Waals surface area contributed by atoms with Gasteiger partial charge in [0.2, 0.25) is 0 Å². The van der Waals surface area contributed by atoms with E-state index in [1.165, 1.54) is 0 Å². The van der Waals surface area contributed by atoms with Gasteiger partial charge < -0.3 is 16.2 Å². The van der Waals surface area contributed by atoms with Crippen LogP contribution in [0, 0.1) is 0 Å². The molecule has 0 unspecified atom stereocenters. The number of rotatable bonds is 8. The maximum Gasteiger partial charge on any atom is 0.320 e. The van der Waals surface area contributed by atoms with Gasteiger partial charge in [0.05, 0.1) is 0 Å². The van der Waals surface area contributed by atoms with E-state index in [1.807, 2.05) is 31.2 Å². The van der Waals surface area contributed by atoms with Crippen molar-refractivity contribution in [3.05, 3.63) is 36.2 Å². The molecule has 0 saturated carbocycles. The molecule has 2 aromatic heterocycles. The number of pyridine rings is 1. The molecule has 0 aromatic carbocycles. The highest BCUT2D eigenvalue weighted by Gasteiger charge is 2.11. The van der Waals surface area contributed by atoms with Crippen LogP contribution in [0.4, 0.5) is 5.82 Å². The average molecular weight is 315 g/mol. The number of aliphatic carboxylic acids is 1. The highest BCUT2D eigenvalue weighted by Crippen LogP contribution is 2.16. The Morgan fingerprint density at radius 3 is 2.87 bits per heavy atom. The molecule has 0 radical (unpaired) electrons. The van der Waals surface area contributed by atoms with Crippen LogP contribution < -0.4 is 11.1 Å². The van der Waals surface area contributed by atoms with E-state index in [-0.39, 0.29) is 0 Å². The van der Waals surface area contributed by atoms with E-state index in [0.717, 1.165) is 17.8 Å². The van der Waals surface area contributed by atoms with Crippen LogP contribution in [0.2, 0.25) is 0 Å². The number of carboxylic acids is 1. The zero-order valence-electron chi connectivity index (χ0n) is 13.1. The summed E-state index contributed by atoms with van der Waals surface area (Å²) in [5, 5.41) is 12.0. The zero-order chi connectivity index (χ0) is 16.7. The van der Waals surface area contributed by atoms with Gasteiger partial charge in [-0.25, -0.2) is 9.97 Å². The molecule has 2 aromatic rings. The van der Waals surface area contributed by atoms with Crippen LogP contribution in [-0.2, 0) is 11.2 Å². The first-order valence-electron chi connectivity index (χ1n) is 7.61. The number of hydrogen-bond donors (Lipinski definition) is 3. The summed E-state index contributed by atoms with van der Waals surface area (Å²) in [6, 6.07) is 6.67. The minimum Gasteiger partial charge on any atom is -0.480 e. The molecule has 23 heavy (non-hydrogen) atoms. The molecule has 0 aliphatic heterocycles. The third-order valence-corrected chi connectivity index (χ3v) is 3.35. The zero-order valence-corrected chi connectivity index (χ0v) is 13.1. The maximum atomic E-state index is 10.7. The number of nitrogens with zero attached hydrogens (tertiary/aromatic N) is 3. The Morgan fingerprint density at radius 2 is 2.22 bits per heavy atom. The molecule has 2 heterocycles. The van der Waals surface area contributed by atoms with E-state index >= 15 is 0 Å². The lowest BCUT2D eigenvalue weighted by molar-refractivity contribution is -0.138. The molecule has 0 spiro atoms. The highest BCUT2D eigenvalue weighted by atomic mass is 16.4. The van der Waals surface area contributed by atoms with Gasteiger partial charge in [-0.1, -0.05) is 13.0 Å². The Labute approximate surface area is 135 Å². The molecule has 122 valence electrons. The van der Waals surface area contributed by atoms with E-state index in [9.17, 15) is 4.79 Å². The van der Waals surface area contributed by atoms with Crippen molar-refractivity contribution in [2.24, 2.45) is 5.73 Å². The first kappa shape index (κ1) is 16.8. The summed E-state index contributed by atoms with van der Waals surface area (Å²) in [5.74, 6) is 0.314. The number of hydrogen-bond acceptors (Lipinski definition) is 6. The van der Waals surface area contributed by atoms with Crippen LogP contribution in [0.25, 0.3) is 11.5 Å². The fourth-order valence-electron chi connectivity index (χ4n) is 2.04. The Bertz CT molecular complexity index is 648. The smallest absolute Gasteiger partial charge is 0.320 e. The fourth-order valence-corrected chi connectivity index (χ4v) is 2.04. The van der Waals surface area contributed by atoms with Gasteiger partial charge in [0.15, 0.2) is 5.82 Å². The van der Waals surface area contributed by atoms with Crippen LogP contribution in [0.15, 0.2) is 30.5 Å². The van der Waals surface area contributed by atoms with Crippen molar-refractivity contribution in [1.29, 1.82) is 0 Å². The molecule has 0 saturated heterocycles. The minimum atomic E-state index is -0.974. The molecule has 4 N–H and O–H groups in total. The summed E-state index contributed by atoms with van der Waals surface area (Å²) >= 11 is 0. The maximum absolute atomic E-state index is 10.7. The summed E-state index contributed by atoms with van der Waals surface area (Å²) in [4.78, 5) is 23.9. The SMILES string of the molecule is CCc1cc(NCCC[C@H](N)C(=O)O)nc(-c2ccccn2)n1. The number of aryl methyl sites for hydroxylation is 1. The number of anilines is 1. The van der Waals surface area contributed by atoms with Crippen molar-refractivity contribution in [2.75, 3.05) is 11.9 Å². The van der Waals surface area contributed by atoms with Gasteiger partial charge in [0.1, 0.15) is 17.6 Å². The van der Waals surface area contributed by atoms with E-state index in [4.69, 9.17) is 10.8 Å². The lowest BCUT2D eigenvalue weighted by atomic mass is 10.2.